The number of unbranched alkanes of at least 4 members (excludes halogenated alkanes) is 6. The summed E-state index contributed by atoms with van der Waals surface area (Å²) in [5.74, 6) is 0. The van der Waals surface area contributed by atoms with Gasteiger partial charge in [0.15, 0.2) is 0 Å². The van der Waals surface area contributed by atoms with Gasteiger partial charge in [-0.25, -0.2) is 0 Å². The van der Waals surface area contributed by atoms with Gasteiger partial charge in [-0.15, -0.1) is 0 Å². The summed E-state index contributed by atoms with van der Waals surface area (Å²) in [6.45, 7) is 28.7. The van der Waals surface area contributed by atoms with Crippen LogP contribution in [0.2, 0.25) is 0 Å². The summed E-state index contributed by atoms with van der Waals surface area (Å²) in [6.07, 6.45) is 12.4. The van der Waals surface area contributed by atoms with Crippen LogP contribution in [0.4, 0.5) is 0 Å². The van der Waals surface area contributed by atoms with Gasteiger partial charge in [0, 0.05) is 0 Å². The summed E-state index contributed by atoms with van der Waals surface area (Å²) in [7, 11) is 0. The average Bonchev–Trinajstić information content (AvgIpc) is 2.80. The summed E-state index contributed by atoms with van der Waals surface area (Å²) >= 11 is 0. The average molecular weight is 441 g/mol. The van der Waals surface area contributed by atoms with E-state index in [2.05, 4.69) is 61.1 Å². The molecule has 0 aromatic rings. The highest BCUT2D eigenvalue weighted by molar-refractivity contribution is 4.62. The summed E-state index contributed by atoms with van der Waals surface area (Å²) < 4.78 is 0. The predicted molar refractivity (Wildman–Crippen MR) is 141 cm³/mol. The first kappa shape index (κ1) is 30.8. The molecule has 0 saturated carbocycles. The molecule has 0 heterocycles. The second-order valence-electron chi connectivity index (χ2n) is 9.10. The maximum absolute atomic E-state index is 2.78. The molecule has 31 heavy (non-hydrogen) atoms. The topological polar surface area (TPSA) is 13.0 Å². The standard InChI is InChI=1S/C27H60N4/c1-7-28(8-2)22-16-13-19-25-31(26-20-14-17-23-29(9-3)10-4)27-21-15-18-24-30(11-5)12-6/h7-27H2,1-6H3. The SMILES string of the molecule is CCN(CC)CCCCCN(CCCCCN(CC)CC)CCCCCN(CC)CC. The zero-order valence-electron chi connectivity index (χ0n) is 22.6. The summed E-state index contributed by atoms with van der Waals surface area (Å²) in [6, 6.07) is 0. The Balaban J connectivity index is 4.13. The minimum Gasteiger partial charge on any atom is -0.304 e. The fourth-order valence-electron chi connectivity index (χ4n) is 4.50. The van der Waals surface area contributed by atoms with Crippen LogP contribution < -0.4 is 0 Å². The zero-order chi connectivity index (χ0) is 23.2. The second-order valence-corrected chi connectivity index (χ2v) is 9.10. The molecule has 188 valence electrons. The Morgan fingerprint density at radius 3 is 0.645 bits per heavy atom. The molecule has 0 atom stereocenters. The summed E-state index contributed by atoms with van der Waals surface area (Å²) in [5.41, 5.74) is 0. The molecular formula is C27H60N4. The molecule has 0 N–H and O–H groups in total. The van der Waals surface area contributed by atoms with Gasteiger partial charge in [-0.05, 0) is 117 Å². The molecule has 4 heteroatoms. The zero-order valence-corrected chi connectivity index (χ0v) is 22.6. The Kier molecular flexibility index (Phi) is 22.9. The van der Waals surface area contributed by atoms with E-state index in [0.29, 0.717) is 0 Å². The lowest BCUT2D eigenvalue weighted by molar-refractivity contribution is 0.240. The third kappa shape index (κ3) is 18.0. The molecule has 0 amide bonds. The Hall–Kier alpha value is -0.160. The van der Waals surface area contributed by atoms with Crippen molar-refractivity contribution in [1.29, 1.82) is 0 Å². The Morgan fingerprint density at radius 2 is 0.452 bits per heavy atom. The maximum atomic E-state index is 2.78. The van der Waals surface area contributed by atoms with Crippen LogP contribution in [0.15, 0.2) is 0 Å². The van der Waals surface area contributed by atoms with Crippen molar-refractivity contribution in [3.05, 3.63) is 0 Å². The Morgan fingerprint density at radius 1 is 0.258 bits per heavy atom. The third-order valence-corrected chi connectivity index (χ3v) is 7.03. The van der Waals surface area contributed by atoms with Crippen LogP contribution in [0, 0.1) is 0 Å². The van der Waals surface area contributed by atoms with E-state index in [1.54, 1.807) is 0 Å². The number of rotatable bonds is 24. The molecule has 0 aromatic heterocycles. The summed E-state index contributed by atoms with van der Waals surface area (Å²) in [5, 5.41) is 0. The quantitative estimate of drug-likeness (QED) is 0.175. The van der Waals surface area contributed by atoms with Crippen molar-refractivity contribution < 1.29 is 0 Å². The number of nitrogens with zero attached hydrogens (tertiary/aromatic N) is 4. The highest BCUT2D eigenvalue weighted by Crippen LogP contribution is 2.08. The van der Waals surface area contributed by atoms with E-state index in [1.165, 1.54) is 136 Å². The normalized spacial score (nSPS) is 12.2. The number of hydrogen-bond acceptors (Lipinski definition) is 4. The van der Waals surface area contributed by atoms with Gasteiger partial charge < -0.3 is 19.6 Å². The molecule has 0 saturated heterocycles. The Bertz CT molecular complexity index is 286. The smallest absolute Gasteiger partial charge is 0.00187 e. The minimum absolute atomic E-state index is 1.20. The molecule has 0 unspecified atom stereocenters. The second kappa shape index (κ2) is 23.0. The molecule has 0 aliphatic carbocycles. The van der Waals surface area contributed by atoms with Gasteiger partial charge in [-0.3, -0.25) is 0 Å². The Labute approximate surface area is 197 Å². The van der Waals surface area contributed by atoms with Crippen molar-refractivity contribution in [2.45, 2.75) is 99.3 Å². The van der Waals surface area contributed by atoms with Gasteiger partial charge >= 0.3 is 0 Å². The first-order valence-electron chi connectivity index (χ1n) is 14.0. The van der Waals surface area contributed by atoms with E-state index in [9.17, 15) is 0 Å². The fraction of sp³-hybridized carbons (Fsp3) is 1.00. The molecule has 0 spiro atoms. The van der Waals surface area contributed by atoms with Crippen LogP contribution in [0.25, 0.3) is 0 Å². The van der Waals surface area contributed by atoms with Crippen molar-refractivity contribution in [2.75, 3.05) is 78.5 Å². The lowest BCUT2D eigenvalue weighted by atomic mass is 10.1. The molecule has 0 bridgehead atoms. The van der Waals surface area contributed by atoms with Crippen molar-refractivity contribution in [3.63, 3.8) is 0 Å². The molecule has 0 radical (unpaired) electrons. The van der Waals surface area contributed by atoms with Gasteiger partial charge in [0.25, 0.3) is 0 Å². The molecule has 4 nitrogen and oxygen atoms in total. The van der Waals surface area contributed by atoms with E-state index >= 15 is 0 Å². The van der Waals surface area contributed by atoms with Gasteiger partial charge in [-0.1, -0.05) is 60.8 Å². The largest absolute Gasteiger partial charge is 0.304 e. The van der Waals surface area contributed by atoms with Crippen LogP contribution in [0.1, 0.15) is 99.3 Å². The van der Waals surface area contributed by atoms with Crippen molar-refractivity contribution in [2.24, 2.45) is 0 Å². The molecule has 0 aliphatic heterocycles. The van der Waals surface area contributed by atoms with Gasteiger partial charge in [0.05, 0.1) is 0 Å². The van der Waals surface area contributed by atoms with Crippen LogP contribution in [-0.4, -0.2) is 98.1 Å². The van der Waals surface area contributed by atoms with E-state index < -0.39 is 0 Å². The van der Waals surface area contributed by atoms with Crippen molar-refractivity contribution >= 4 is 0 Å². The lowest BCUT2D eigenvalue weighted by Gasteiger charge is -2.24. The van der Waals surface area contributed by atoms with Crippen LogP contribution in [0.5, 0.6) is 0 Å². The molecule has 0 aliphatic rings. The van der Waals surface area contributed by atoms with Crippen LogP contribution in [0.3, 0.4) is 0 Å². The van der Waals surface area contributed by atoms with E-state index in [0.717, 1.165) is 0 Å². The first-order chi connectivity index (χ1) is 15.1. The third-order valence-electron chi connectivity index (χ3n) is 7.03. The molecule has 0 rings (SSSR count). The molecule has 0 fully saturated rings. The fourth-order valence-corrected chi connectivity index (χ4v) is 4.50. The molecule has 0 aromatic carbocycles. The maximum Gasteiger partial charge on any atom is -0.00187 e. The van der Waals surface area contributed by atoms with Crippen molar-refractivity contribution in [1.82, 2.24) is 19.6 Å². The van der Waals surface area contributed by atoms with E-state index in [1.807, 2.05) is 0 Å². The monoisotopic (exact) mass is 440 g/mol. The highest BCUT2D eigenvalue weighted by Gasteiger charge is 2.07. The van der Waals surface area contributed by atoms with E-state index in [4.69, 9.17) is 0 Å². The lowest BCUT2D eigenvalue weighted by Crippen LogP contribution is -2.29. The van der Waals surface area contributed by atoms with Gasteiger partial charge in [0.1, 0.15) is 0 Å². The number of hydrogen-bond donors (Lipinski definition) is 0. The van der Waals surface area contributed by atoms with Gasteiger partial charge in [0.2, 0.25) is 0 Å². The summed E-state index contributed by atoms with van der Waals surface area (Å²) in [4.78, 5) is 10.5. The highest BCUT2D eigenvalue weighted by atomic mass is 15.1. The van der Waals surface area contributed by atoms with Crippen LogP contribution >= 0.6 is 0 Å². The minimum atomic E-state index is 1.20. The van der Waals surface area contributed by atoms with Crippen molar-refractivity contribution in [3.8, 4) is 0 Å². The predicted octanol–water partition coefficient (Wildman–Crippen LogP) is 5.82. The van der Waals surface area contributed by atoms with E-state index in [-0.39, 0.29) is 0 Å². The molecular weight excluding hydrogens is 380 g/mol. The van der Waals surface area contributed by atoms with Gasteiger partial charge in [-0.2, -0.15) is 0 Å². The van der Waals surface area contributed by atoms with Crippen LogP contribution in [-0.2, 0) is 0 Å². The first-order valence-corrected chi connectivity index (χ1v) is 14.0.